The third kappa shape index (κ3) is 10.1. The highest BCUT2D eigenvalue weighted by molar-refractivity contribution is 6.17. The summed E-state index contributed by atoms with van der Waals surface area (Å²) in [7, 11) is 0. The van der Waals surface area contributed by atoms with Crippen molar-refractivity contribution in [3.63, 3.8) is 0 Å². The van der Waals surface area contributed by atoms with Crippen molar-refractivity contribution < 1.29 is 4.79 Å². The van der Waals surface area contributed by atoms with Gasteiger partial charge in [0.15, 0.2) is 0 Å². The summed E-state index contributed by atoms with van der Waals surface area (Å²) in [6.07, 6.45) is 7.47. The summed E-state index contributed by atoms with van der Waals surface area (Å²) in [6, 6.07) is 0.310. The van der Waals surface area contributed by atoms with Crippen LogP contribution in [0.25, 0.3) is 0 Å². The van der Waals surface area contributed by atoms with E-state index >= 15 is 0 Å². The van der Waals surface area contributed by atoms with E-state index in [0.29, 0.717) is 18.3 Å². The van der Waals surface area contributed by atoms with Gasteiger partial charge in [-0.3, -0.25) is 4.79 Å². The fraction of sp³-hybridized carbons (Fsp3) is 0.917. The number of alkyl halides is 1. The fourth-order valence-corrected chi connectivity index (χ4v) is 1.66. The van der Waals surface area contributed by atoms with Gasteiger partial charge >= 0.3 is 0 Å². The van der Waals surface area contributed by atoms with E-state index in [4.69, 9.17) is 11.6 Å². The summed E-state index contributed by atoms with van der Waals surface area (Å²) in [5.74, 6) is 0.705. The van der Waals surface area contributed by atoms with Gasteiger partial charge in [-0.1, -0.05) is 32.6 Å². The van der Waals surface area contributed by atoms with Crippen LogP contribution in [0.2, 0.25) is 0 Å². The number of hydrogen-bond acceptors (Lipinski definition) is 1. The first kappa shape index (κ1) is 14.8. The number of halogens is 1. The number of carbonyl (C=O) groups is 1. The lowest BCUT2D eigenvalue weighted by atomic mass is 10.1. The maximum absolute atomic E-state index is 11.3. The Balaban J connectivity index is 3.38. The average Bonchev–Trinajstić information content (AvgIpc) is 2.21. The Kier molecular flexibility index (Phi) is 10.1. The quantitative estimate of drug-likeness (QED) is 0.480. The van der Waals surface area contributed by atoms with Crippen LogP contribution in [0.15, 0.2) is 0 Å². The summed E-state index contributed by atoms with van der Waals surface area (Å²) >= 11 is 5.52. The first-order valence-electron chi connectivity index (χ1n) is 6.06. The lowest BCUT2D eigenvalue weighted by Crippen LogP contribution is -2.32. The first-order valence-corrected chi connectivity index (χ1v) is 6.59. The summed E-state index contributed by atoms with van der Waals surface area (Å²) in [5.41, 5.74) is 0. The Hall–Kier alpha value is -0.240. The number of rotatable bonds is 9. The Bertz CT molecular complexity index is 162. The van der Waals surface area contributed by atoms with Gasteiger partial charge in [-0.2, -0.15) is 0 Å². The molecule has 0 spiro atoms. The van der Waals surface area contributed by atoms with E-state index in [0.717, 1.165) is 12.8 Å². The summed E-state index contributed by atoms with van der Waals surface area (Å²) in [4.78, 5) is 11.3. The number of hydrogen-bond donors (Lipinski definition) is 1. The highest BCUT2D eigenvalue weighted by atomic mass is 35.5. The van der Waals surface area contributed by atoms with Crippen molar-refractivity contribution >= 4 is 17.5 Å². The maximum atomic E-state index is 11.3. The van der Waals surface area contributed by atoms with Crippen molar-refractivity contribution in [2.24, 2.45) is 0 Å². The molecular weight excluding hydrogens is 210 g/mol. The zero-order valence-corrected chi connectivity index (χ0v) is 10.8. The number of carbonyl (C=O) groups excluding carboxylic acids is 1. The van der Waals surface area contributed by atoms with Crippen molar-refractivity contribution in [1.29, 1.82) is 0 Å². The smallest absolute Gasteiger partial charge is 0.220 e. The predicted octanol–water partition coefficient (Wildman–Crippen LogP) is 3.48. The topological polar surface area (TPSA) is 29.1 Å². The zero-order chi connectivity index (χ0) is 11.5. The van der Waals surface area contributed by atoms with Gasteiger partial charge in [0, 0.05) is 18.3 Å². The van der Waals surface area contributed by atoms with E-state index < -0.39 is 0 Å². The van der Waals surface area contributed by atoms with Crippen molar-refractivity contribution in [3.05, 3.63) is 0 Å². The summed E-state index contributed by atoms with van der Waals surface area (Å²) < 4.78 is 0. The molecule has 0 aromatic rings. The van der Waals surface area contributed by atoms with Crippen LogP contribution in [0.1, 0.15) is 58.8 Å². The largest absolute Gasteiger partial charge is 0.354 e. The first-order chi connectivity index (χ1) is 7.20. The van der Waals surface area contributed by atoms with Crippen LogP contribution < -0.4 is 5.32 Å². The maximum Gasteiger partial charge on any atom is 0.220 e. The van der Waals surface area contributed by atoms with Crippen molar-refractivity contribution in [3.8, 4) is 0 Å². The van der Waals surface area contributed by atoms with Crippen molar-refractivity contribution in [2.75, 3.05) is 5.88 Å². The molecule has 0 saturated heterocycles. The van der Waals surface area contributed by atoms with Gasteiger partial charge in [-0.05, 0) is 19.8 Å². The highest BCUT2D eigenvalue weighted by Gasteiger charge is 2.06. The minimum absolute atomic E-state index is 0.138. The molecule has 1 atom stereocenters. The van der Waals surface area contributed by atoms with Crippen LogP contribution >= 0.6 is 11.6 Å². The molecule has 15 heavy (non-hydrogen) atoms. The molecule has 0 aliphatic rings. The Morgan fingerprint density at radius 1 is 1.27 bits per heavy atom. The summed E-state index contributed by atoms with van der Waals surface area (Å²) in [5, 5.41) is 2.99. The molecule has 0 radical (unpaired) electrons. The predicted molar refractivity (Wildman–Crippen MR) is 66.3 cm³/mol. The SMILES string of the molecule is CCCCCCC(C)NC(=O)CCCCl. The standard InChI is InChI=1S/C12H24ClNO/c1-3-4-5-6-8-11(2)14-12(15)9-7-10-13/h11H,3-10H2,1-2H3,(H,14,15). The molecule has 0 saturated carbocycles. The molecule has 1 N–H and O–H groups in total. The molecule has 0 bridgehead atoms. The molecule has 0 aromatic carbocycles. The summed E-state index contributed by atoms with van der Waals surface area (Å²) in [6.45, 7) is 4.28. The molecule has 0 aliphatic heterocycles. The minimum Gasteiger partial charge on any atom is -0.354 e. The second kappa shape index (κ2) is 10.3. The Morgan fingerprint density at radius 2 is 2.00 bits per heavy atom. The van der Waals surface area contributed by atoms with E-state index in [1.165, 1.54) is 25.7 Å². The lowest BCUT2D eigenvalue weighted by molar-refractivity contribution is -0.121. The van der Waals surface area contributed by atoms with E-state index in [1.54, 1.807) is 0 Å². The molecule has 90 valence electrons. The van der Waals surface area contributed by atoms with E-state index in [-0.39, 0.29) is 5.91 Å². The molecule has 2 nitrogen and oxygen atoms in total. The molecule has 0 aliphatic carbocycles. The van der Waals surface area contributed by atoms with Crippen LogP contribution in [-0.4, -0.2) is 17.8 Å². The molecule has 1 unspecified atom stereocenters. The molecule has 0 aromatic heterocycles. The van der Waals surface area contributed by atoms with Crippen molar-refractivity contribution in [2.45, 2.75) is 64.8 Å². The van der Waals surface area contributed by atoms with Crippen molar-refractivity contribution in [1.82, 2.24) is 5.32 Å². The van der Waals surface area contributed by atoms with E-state index in [1.807, 2.05) is 0 Å². The zero-order valence-electron chi connectivity index (χ0n) is 10.0. The third-order valence-electron chi connectivity index (χ3n) is 2.44. The van der Waals surface area contributed by atoms with E-state index in [2.05, 4.69) is 19.2 Å². The van der Waals surface area contributed by atoms with Gasteiger partial charge in [0.1, 0.15) is 0 Å². The molecule has 0 rings (SSSR count). The van der Waals surface area contributed by atoms with Gasteiger partial charge in [-0.25, -0.2) is 0 Å². The normalized spacial score (nSPS) is 12.5. The second-order valence-corrected chi connectivity index (χ2v) is 4.49. The van der Waals surface area contributed by atoms with Crippen LogP contribution in [0, 0.1) is 0 Å². The molecular formula is C12H24ClNO. The van der Waals surface area contributed by atoms with Gasteiger partial charge in [0.05, 0.1) is 0 Å². The van der Waals surface area contributed by atoms with Crippen LogP contribution in [-0.2, 0) is 4.79 Å². The number of unbranched alkanes of at least 4 members (excludes halogenated alkanes) is 3. The van der Waals surface area contributed by atoms with Gasteiger partial charge in [0.2, 0.25) is 5.91 Å². The van der Waals surface area contributed by atoms with Crippen LogP contribution in [0.5, 0.6) is 0 Å². The molecule has 1 amide bonds. The van der Waals surface area contributed by atoms with E-state index in [9.17, 15) is 4.79 Å². The van der Waals surface area contributed by atoms with Gasteiger partial charge in [0.25, 0.3) is 0 Å². The van der Waals surface area contributed by atoms with Gasteiger partial charge < -0.3 is 5.32 Å². The average molecular weight is 234 g/mol. The monoisotopic (exact) mass is 233 g/mol. The lowest BCUT2D eigenvalue weighted by Gasteiger charge is -2.13. The minimum atomic E-state index is 0.138. The van der Waals surface area contributed by atoms with Gasteiger partial charge in [-0.15, -0.1) is 11.6 Å². The van der Waals surface area contributed by atoms with Crippen LogP contribution in [0.4, 0.5) is 0 Å². The molecule has 0 heterocycles. The number of amides is 1. The highest BCUT2D eigenvalue weighted by Crippen LogP contribution is 2.05. The second-order valence-electron chi connectivity index (χ2n) is 4.11. The molecule has 0 fully saturated rings. The third-order valence-corrected chi connectivity index (χ3v) is 2.70. The Morgan fingerprint density at radius 3 is 2.60 bits per heavy atom. The Labute approximate surface area is 98.8 Å². The molecule has 3 heteroatoms. The van der Waals surface area contributed by atoms with Crippen LogP contribution in [0.3, 0.4) is 0 Å². The fourth-order valence-electron chi connectivity index (χ4n) is 1.52. The number of nitrogens with one attached hydrogen (secondary N) is 1.